The Morgan fingerprint density at radius 3 is 2.82 bits per heavy atom. The second kappa shape index (κ2) is 7.40. The molecule has 4 aromatic rings. The van der Waals surface area contributed by atoms with Crippen LogP contribution in [0.1, 0.15) is 22.6 Å². The summed E-state index contributed by atoms with van der Waals surface area (Å²) in [6.45, 7) is 0.528. The Hall–Kier alpha value is -3.26. The average molecular weight is 393 g/mol. The van der Waals surface area contributed by atoms with Gasteiger partial charge in [0.1, 0.15) is 5.82 Å². The Balaban J connectivity index is 1.40. The van der Waals surface area contributed by atoms with Crippen LogP contribution in [0.15, 0.2) is 47.3 Å². The third kappa shape index (κ3) is 3.46. The highest BCUT2D eigenvalue weighted by molar-refractivity contribution is 7.71. The van der Waals surface area contributed by atoms with E-state index in [0.717, 1.165) is 29.7 Å². The molecule has 2 heterocycles. The predicted octanol–water partition coefficient (Wildman–Crippen LogP) is 2.83. The van der Waals surface area contributed by atoms with E-state index >= 15 is 0 Å². The van der Waals surface area contributed by atoms with E-state index in [2.05, 4.69) is 20.3 Å². The number of carbonyl (C=O) groups is 1. The molecular formula is C20H19N5O2S. The molecule has 142 valence electrons. The molecular weight excluding hydrogens is 374 g/mol. The van der Waals surface area contributed by atoms with Crippen LogP contribution in [0, 0.1) is 4.77 Å². The number of H-pyrrole nitrogens is 2. The first-order chi connectivity index (χ1) is 13.5. The van der Waals surface area contributed by atoms with E-state index < -0.39 is 0 Å². The van der Waals surface area contributed by atoms with Crippen LogP contribution >= 0.6 is 12.2 Å². The number of para-hydroxylation sites is 2. The van der Waals surface area contributed by atoms with Gasteiger partial charge in [0.05, 0.1) is 21.9 Å². The molecule has 0 fully saturated rings. The predicted molar refractivity (Wildman–Crippen MR) is 111 cm³/mol. The zero-order valence-corrected chi connectivity index (χ0v) is 16.1. The van der Waals surface area contributed by atoms with Crippen LogP contribution in [0.3, 0.4) is 0 Å². The molecule has 28 heavy (non-hydrogen) atoms. The molecule has 0 radical (unpaired) electrons. The number of rotatable bonds is 5. The molecule has 0 saturated carbocycles. The Morgan fingerprint density at radius 1 is 1.18 bits per heavy atom. The van der Waals surface area contributed by atoms with E-state index in [1.807, 2.05) is 24.3 Å². The van der Waals surface area contributed by atoms with Crippen molar-refractivity contribution < 1.29 is 4.79 Å². The number of aryl methyl sites for hydroxylation is 1. The molecule has 7 nitrogen and oxygen atoms in total. The molecule has 8 heteroatoms. The lowest BCUT2D eigenvalue weighted by molar-refractivity contribution is 0.0953. The normalized spacial score (nSPS) is 11.2. The fraction of sp³-hybridized carbons (Fsp3) is 0.200. The number of imidazole rings is 1. The molecule has 0 aliphatic carbocycles. The zero-order chi connectivity index (χ0) is 19.7. The summed E-state index contributed by atoms with van der Waals surface area (Å²) in [6, 6.07) is 12.8. The summed E-state index contributed by atoms with van der Waals surface area (Å²) in [5.41, 5.74) is 2.82. The van der Waals surface area contributed by atoms with Gasteiger partial charge in [0, 0.05) is 25.6 Å². The van der Waals surface area contributed by atoms with Gasteiger partial charge in [-0.2, -0.15) is 0 Å². The van der Waals surface area contributed by atoms with E-state index in [9.17, 15) is 9.59 Å². The molecule has 0 unspecified atom stereocenters. The van der Waals surface area contributed by atoms with E-state index in [4.69, 9.17) is 12.2 Å². The highest BCUT2D eigenvalue weighted by Gasteiger charge is 2.09. The molecule has 1 amide bonds. The number of hydrogen-bond acceptors (Lipinski definition) is 4. The van der Waals surface area contributed by atoms with Gasteiger partial charge in [-0.05, 0) is 49.0 Å². The first-order valence-electron chi connectivity index (χ1n) is 8.98. The molecule has 0 saturated heterocycles. The van der Waals surface area contributed by atoms with E-state index in [-0.39, 0.29) is 11.5 Å². The van der Waals surface area contributed by atoms with Crippen molar-refractivity contribution in [3.05, 3.63) is 69.0 Å². The van der Waals surface area contributed by atoms with Crippen LogP contribution in [0.4, 0.5) is 0 Å². The average Bonchev–Trinajstić information content (AvgIpc) is 3.12. The number of nitrogens with one attached hydrogen (secondary N) is 3. The van der Waals surface area contributed by atoms with E-state index in [0.29, 0.717) is 27.8 Å². The minimum Gasteiger partial charge on any atom is -0.352 e. The van der Waals surface area contributed by atoms with Crippen molar-refractivity contribution in [1.82, 2.24) is 24.8 Å². The van der Waals surface area contributed by atoms with Crippen molar-refractivity contribution in [2.45, 2.75) is 12.8 Å². The van der Waals surface area contributed by atoms with Crippen LogP contribution in [0.5, 0.6) is 0 Å². The quantitative estimate of drug-likeness (QED) is 0.359. The summed E-state index contributed by atoms with van der Waals surface area (Å²) in [4.78, 5) is 35.4. The van der Waals surface area contributed by atoms with Gasteiger partial charge >= 0.3 is 0 Å². The summed E-state index contributed by atoms with van der Waals surface area (Å²) in [5, 5.41) is 3.40. The van der Waals surface area contributed by atoms with Gasteiger partial charge in [-0.1, -0.05) is 12.1 Å². The minimum atomic E-state index is -0.188. The van der Waals surface area contributed by atoms with Crippen molar-refractivity contribution in [2.24, 2.45) is 7.05 Å². The highest BCUT2D eigenvalue weighted by atomic mass is 32.1. The topological polar surface area (TPSA) is 95.6 Å². The number of aromatic amines is 2. The first-order valence-corrected chi connectivity index (χ1v) is 9.38. The lowest BCUT2D eigenvalue weighted by Crippen LogP contribution is -2.25. The molecule has 4 rings (SSSR count). The van der Waals surface area contributed by atoms with Crippen LogP contribution in [0.2, 0.25) is 0 Å². The Kier molecular flexibility index (Phi) is 4.79. The molecule has 0 aliphatic rings. The van der Waals surface area contributed by atoms with E-state index in [1.54, 1.807) is 25.2 Å². The Labute approximate surface area is 165 Å². The fourth-order valence-corrected chi connectivity index (χ4v) is 3.32. The number of carbonyl (C=O) groups excluding carboxylic acids is 1. The monoisotopic (exact) mass is 393 g/mol. The van der Waals surface area contributed by atoms with Crippen molar-refractivity contribution in [3.8, 4) is 0 Å². The van der Waals surface area contributed by atoms with Gasteiger partial charge in [0.25, 0.3) is 11.5 Å². The number of amides is 1. The SMILES string of the molecule is Cn1c(=S)[nH]c2cc(C(=O)NCCCc3nc4ccccc4[nH]3)ccc2c1=O. The van der Waals surface area contributed by atoms with Gasteiger partial charge in [-0.3, -0.25) is 14.2 Å². The summed E-state index contributed by atoms with van der Waals surface area (Å²) in [7, 11) is 1.61. The lowest BCUT2D eigenvalue weighted by atomic mass is 10.1. The van der Waals surface area contributed by atoms with Crippen molar-refractivity contribution in [2.75, 3.05) is 6.54 Å². The zero-order valence-electron chi connectivity index (χ0n) is 15.3. The molecule has 2 aromatic carbocycles. The highest BCUT2D eigenvalue weighted by Crippen LogP contribution is 2.12. The number of aromatic nitrogens is 4. The fourth-order valence-electron chi connectivity index (χ4n) is 3.13. The molecule has 0 atom stereocenters. The molecule has 0 spiro atoms. The maximum absolute atomic E-state index is 12.4. The van der Waals surface area contributed by atoms with Crippen molar-refractivity contribution in [3.63, 3.8) is 0 Å². The van der Waals surface area contributed by atoms with Crippen molar-refractivity contribution in [1.29, 1.82) is 0 Å². The largest absolute Gasteiger partial charge is 0.352 e. The van der Waals surface area contributed by atoms with Crippen LogP contribution < -0.4 is 10.9 Å². The number of nitrogens with zero attached hydrogens (tertiary/aromatic N) is 2. The van der Waals surface area contributed by atoms with E-state index in [1.165, 1.54) is 4.57 Å². The molecule has 2 aromatic heterocycles. The van der Waals surface area contributed by atoms with Gasteiger partial charge in [0.15, 0.2) is 4.77 Å². The summed E-state index contributed by atoms with van der Waals surface area (Å²) in [5.74, 6) is 0.719. The van der Waals surface area contributed by atoms with Crippen molar-refractivity contribution >= 4 is 40.1 Å². The smallest absolute Gasteiger partial charge is 0.261 e. The Morgan fingerprint density at radius 2 is 2.00 bits per heavy atom. The maximum Gasteiger partial charge on any atom is 0.261 e. The van der Waals surface area contributed by atoms with Gasteiger partial charge in [-0.25, -0.2) is 4.98 Å². The van der Waals surface area contributed by atoms with Crippen LogP contribution in [0.25, 0.3) is 21.9 Å². The lowest BCUT2D eigenvalue weighted by Gasteiger charge is -2.07. The van der Waals surface area contributed by atoms with Gasteiger partial charge in [-0.15, -0.1) is 0 Å². The molecule has 3 N–H and O–H groups in total. The summed E-state index contributed by atoms with van der Waals surface area (Å²) < 4.78 is 1.69. The third-order valence-corrected chi connectivity index (χ3v) is 5.05. The standard InChI is InChI=1S/C20H19N5O2S/c1-25-19(27)13-9-8-12(11-16(13)24-20(25)28)18(26)21-10-4-7-17-22-14-5-2-3-6-15(14)23-17/h2-3,5-6,8-9,11H,4,7,10H2,1H3,(H,21,26)(H,22,23)(H,24,28). The second-order valence-corrected chi connectivity index (χ2v) is 7.00. The minimum absolute atomic E-state index is 0.184. The Bertz CT molecular complexity index is 1270. The summed E-state index contributed by atoms with van der Waals surface area (Å²) >= 11 is 5.13. The first kappa shape index (κ1) is 18.1. The third-order valence-electron chi connectivity index (χ3n) is 4.68. The maximum atomic E-state index is 12.4. The van der Waals surface area contributed by atoms with Crippen LogP contribution in [-0.4, -0.2) is 32.0 Å². The molecule has 0 aliphatic heterocycles. The number of hydrogen-bond donors (Lipinski definition) is 3. The molecule has 0 bridgehead atoms. The second-order valence-electron chi connectivity index (χ2n) is 6.61. The number of fused-ring (bicyclic) bond motifs is 2. The van der Waals surface area contributed by atoms with Gasteiger partial charge in [0.2, 0.25) is 0 Å². The number of benzene rings is 2. The summed E-state index contributed by atoms with van der Waals surface area (Å²) in [6.07, 6.45) is 1.51. The van der Waals surface area contributed by atoms with Gasteiger partial charge < -0.3 is 15.3 Å². The van der Waals surface area contributed by atoms with Crippen LogP contribution in [-0.2, 0) is 13.5 Å².